The van der Waals surface area contributed by atoms with Crippen molar-refractivity contribution in [3.63, 3.8) is 0 Å². The maximum Gasteiger partial charge on any atom is 0.0874 e. The van der Waals surface area contributed by atoms with E-state index >= 15 is 0 Å². The first-order chi connectivity index (χ1) is 7.47. The van der Waals surface area contributed by atoms with Gasteiger partial charge < -0.3 is 10.5 Å². The van der Waals surface area contributed by atoms with E-state index in [1.807, 2.05) is 0 Å². The third kappa shape index (κ3) is 2.28. The third-order valence-electron chi connectivity index (χ3n) is 3.61. The fraction of sp³-hybridized carbons (Fsp3) is 0.571. The highest BCUT2D eigenvalue weighted by atomic mass is 16.5. The summed E-state index contributed by atoms with van der Waals surface area (Å²) >= 11 is 0. The quantitative estimate of drug-likeness (QED) is 0.844. The molecule has 1 fully saturated rings. The van der Waals surface area contributed by atoms with Gasteiger partial charge in [0.05, 0.1) is 5.60 Å². The molecule has 88 valence electrons. The summed E-state index contributed by atoms with van der Waals surface area (Å²) in [5.41, 5.74) is 8.60. The molecule has 1 aromatic rings. The van der Waals surface area contributed by atoms with E-state index in [1.54, 1.807) is 7.11 Å². The summed E-state index contributed by atoms with van der Waals surface area (Å²) in [6.45, 7) is 4.20. The van der Waals surface area contributed by atoms with Crippen molar-refractivity contribution >= 4 is 0 Å². The Kier molecular flexibility index (Phi) is 2.81. The molecule has 2 heteroatoms. The first-order valence-electron chi connectivity index (χ1n) is 5.89. The molecule has 0 heterocycles. The van der Waals surface area contributed by atoms with E-state index in [4.69, 9.17) is 10.5 Å². The van der Waals surface area contributed by atoms with Crippen LogP contribution < -0.4 is 5.73 Å². The zero-order valence-electron chi connectivity index (χ0n) is 10.4. The van der Waals surface area contributed by atoms with E-state index in [-0.39, 0.29) is 11.1 Å². The minimum Gasteiger partial charge on any atom is -0.374 e. The Bertz CT molecular complexity index is 380. The zero-order valence-corrected chi connectivity index (χ0v) is 10.4. The summed E-state index contributed by atoms with van der Waals surface area (Å²) < 4.78 is 5.56. The first kappa shape index (κ1) is 11.6. The number of benzene rings is 1. The molecule has 2 N–H and O–H groups in total. The summed E-state index contributed by atoms with van der Waals surface area (Å²) in [7, 11) is 1.76. The molecule has 0 spiro atoms. The first-order valence-corrected chi connectivity index (χ1v) is 5.89. The van der Waals surface area contributed by atoms with Crippen molar-refractivity contribution in [3.8, 4) is 0 Å². The van der Waals surface area contributed by atoms with Crippen molar-refractivity contribution in [1.29, 1.82) is 0 Å². The number of rotatable bonds is 4. The molecule has 1 aliphatic carbocycles. The molecule has 2 nitrogen and oxygen atoms in total. The van der Waals surface area contributed by atoms with Crippen molar-refractivity contribution in [2.45, 2.75) is 44.2 Å². The Balaban J connectivity index is 2.30. The molecule has 0 saturated heterocycles. The van der Waals surface area contributed by atoms with E-state index in [2.05, 4.69) is 38.1 Å². The Morgan fingerprint density at radius 2 is 1.94 bits per heavy atom. The topological polar surface area (TPSA) is 35.2 Å². The molecular formula is C14H21NO. The van der Waals surface area contributed by atoms with Crippen LogP contribution in [0.4, 0.5) is 0 Å². The van der Waals surface area contributed by atoms with Gasteiger partial charge in [-0.15, -0.1) is 0 Å². The maximum atomic E-state index is 6.19. The van der Waals surface area contributed by atoms with Gasteiger partial charge in [-0.1, -0.05) is 24.3 Å². The van der Waals surface area contributed by atoms with Crippen LogP contribution in [-0.2, 0) is 16.8 Å². The highest BCUT2D eigenvalue weighted by Gasteiger charge is 2.39. The van der Waals surface area contributed by atoms with Gasteiger partial charge in [-0.3, -0.25) is 0 Å². The Labute approximate surface area is 97.8 Å². The molecule has 1 aliphatic rings. The number of nitrogens with two attached hydrogens (primary N) is 1. The van der Waals surface area contributed by atoms with Crippen molar-refractivity contribution < 1.29 is 4.74 Å². The van der Waals surface area contributed by atoms with Crippen molar-refractivity contribution in [1.82, 2.24) is 0 Å². The van der Waals surface area contributed by atoms with Crippen LogP contribution in [0.3, 0.4) is 0 Å². The molecule has 0 bridgehead atoms. The fourth-order valence-corrected chi connectivity index (χ4v) is 2.09. The van der Waals surface area contributed by atoms with E-state index < -0.39 is 0 Å². The van der Waals surface area contributed by atoms with Crippen molar-refractivity contribution in [2.75, 3.05) is 7.11 Å². The van der Waals surface area contributed by atoms with Crippen LogP contribution in [0.25, 0.3) is 0 Å². The van der Waals surface area contributed by atoms with E-state index in [1.165, 1.54) is 11.1 Å². The van der Waals surface area contributed by atoms with Crippen molar-refractivity contribution in [2.24, 2.45) is 5.73 Å². The van der Waals surface area contributed by atoms with Gasteiger partial charge >= 0.3 is 0 Å². The highest BCUT2D eigenvalue weighted by molar-refractivity contribution is 5.34. The molecule has 0 radical (unpaired) electrons. The minimum absolute atomic E-state index is 0.0555. The monoisotopic (exact) mass is 219 g/mol. The second-order valence-electron chi connectivity index (χ2n) is 5.41. The van der Waals surface area contributed by atoms with E-state index in [0.717, 1.165) is 19.3 Å². The van der Waals surface area contributed by atoms with Gasteiger partial charge in [-0.05, 0) is 44.2 Å². The lowest BCUT2D eigenvalue weighted by Crippen LogP contribution is -2.28. The lowest BCUT2D eigenvalue weighted by Gasteiger charge is -2.27. The zero-order chi connectivity index (χ0) is 11.8. The molecule has 0 amide bonds. The molecule has 0 unspecified atom stereocenters. The molecule has 0 aromatic heterocycles. The number of ether oxygens (including phenoxy) is 1. The van der Waals surface area contributed by atoms with Gasteiger partial charge in [-0.2, -0.15) is 0 Å². The lowest BCUT2D eigenvalue weighted by molar-refractivity contribution is 0.0184. The number of methoxy groups -OCH3 is 1. The number of hydrogen-bond acceptors (Lipinski definition) is 2. The predicted molar refractivity (Wildman–Crippen MR) is 66.3 cm³/mol. The second kappa shape index (κ2) is 3.86. The van der Waals surface area contributed by atoms with Crippen LogP contribution in [0.15, 0.2) is 24.3 Å². The van der Waals surface area contributed by atoms with Gasteiger partial charge in [0.1, 0.15) is 0 Å². The third-order valence-corrected chi connectivity index (χ3v) is 3.61. The van der Waals surface area contributed by atoms with Crippen LogP contribution >= 0.6 is 0 Å². The summed E-state index contributed by atoms with van der Waals surface area (Å²) in [5, 5.41) is 0. The molecule has 2 rings (SSSR count). The predicted octanol–water partition coefficient (Wildman–Crippen LogP) is 2.60. The minimum atomic E-state index is -0.234. The van der Waals surface area contributed by atoms with Crippen LogP contribution in [-0.4, -0.2) is 12.6 Å². The van der Waals surface area contributed by atoms with Gasteiger partial charge in [0.25, 0.3) is 0 Å². The van der Waals surface area contributed by atoms with Crippen molar-refractivity contribution in [3.05, 3.63) is 35.4 Å². The average molecular weight is 219 g/mol. The summed E-state index contributed by atoms with van der Waals surface area (Å²) in [5.74, 6) is 0. The van der Waals surface area contributed by atoms with E-state index in [0.29, 0.717) is 0 Å². The SMILES string of the molecule is COC(C)(C)c1ccccc1CC1(N)CC1. The summed E-state index contributed by atoms with van der Waals surface area (Å²) in [4.78, 5) is 0. The molecule has 1 aromatic carbocycles. The van der Waals surface area contributed by atoms with Gasteiger partial charge in [0.2, 0.25) is 0 Å². The van der Waals surface area contributed by atoms with Gasteiger partial charge in [0.15, 0.2) is 0 Å². The van der Waals surface area contributed by atoms with Crippen LogP contribution in [0.1, 0.15) is 37.8 Å². The lowest BCUT2D eigenvalue weighted by atomic mass is 9.89. The van der Waals surface area contributed by atoms with Crippen LogP contribution in [0, 0.1) is 0 Å². The van der Waals surface area contributed by atoms with Crippen LogP contribution in [0.2, 0.25) is 0 Å². The normalized spacial score (nSPS) is 18.5. The smallest absolute Gasteiger partial charge is 0.0874 e. The Morgan fingerprint density at radius 3 is 2.50 bits per heavy atom. The summed E-state index contributed by atoms with van der Waals surface area (Å²) in [6, 6.07) is 8.46. The largest absolute Gasteiger partial charge is 0.374 e. The standard InChI is InChI=1S/C14H21NO/c1-13(2,16-3)12-7-5-4-6-11(12)10-14(15)8-9-14/h4-7H,8-10,15H2,1-3H3. The highest BCUT2D eigenvalue weighted by Crippen LogP contribution is 2.38. The summed E-state index contributed by atoms with van der Waals surface area (Å²) in [6.07, 6.45) is 3.26. The molecular weight excluding hydrogens is 198 g/mol. The average Bonchev–Trinajstić information content (AvgIpc) is 2.97. The molecule has 0 atom stereocenters. The van der Waals surface area contributed by atoms with Gasteiger partial charge in [0, 0.05) is 12.6 Å². The van der Waals surface area contributed by atoms with E-state index in [9.17, 15) is 0 Å². The number of hydrogen-bond donors (Lipinski definition) is 1. The Hall–Kier alpha value is -0.860. The maximum absolute atomic E-state index is 6.19. The fourth-order valence-electron chi connectivity index (χ4n) is 2.09. The van der Waals surface area contributed by atoms with Gasteiger partial charge in [-0.25, -0.2) is 0 Å². The molecule has 1 saturated carbocycles. The van der Waals surface area contributed by atoms with Crippen LogP contribution in [0.5, 0.6) is 0 Å². The Morgan fingerprint density at radius 1 is 1.31 bits per heavy atom. The second-order valence-corrected chi connectivity index (χ2v) is 5.41. The molecule has 16 heavy (non-hydrogen) atoms. The molecule has 0 aliphatic heterocycles.